The zero-order chi connectivity index (χ0) is 23.6. The van der Waals surface area contributed by atoms with E-state index in [1.807, 2.05) is 4.90 Å². The van der Waals surface area contributed by atoms with Crippen LogP contribution in [0.1, 0.15) is 66.8 Å². The summed E-state index contributed by atoms with van der Waals surface area (Å²) < 4.78 is 51.3. The van der Waals surface area contributed by atoms with Crippen LogP contribution in [0.4, 0.5) is 24.5 Å². The normalized spacial score (nSPS) is 22.8. The molecule has 2 aromatic rings. The van der Waals surface area contributed by atoms with E-state index in [0.717, 1.165) is 25.0 Å². The van der Waals surface area contributed by atoms with Crippen molar-refractivity contribution in [3.8, 4) is 0 Å². The molecule has 2 fully saturated rings. The van der Waals surface area contributed by atoms with Crippen molar-refractivity contribution < 1.29 is 32.2 Å². The Morgan fingerprint density at radius 2 is 1.91 bits per heavy atom. The summed E-state index contributed by atoms with van der Waals surface area (Å²) in [5, 5.41) is 13.0. The molecule has 0 radical (unpaired) electrons. The molecule has 1 atom stereocenters. The Labute approximate surface area is 190 Å². The average Bonchev–Trinajstić information content (AvgIpc) is 3.19. The number of anilines is 2. The Bertz CT molecular complexity index is 980. The van der Waals surface area contributed by atoms with Gasteiger partial charge in [-0.05, 0) is 69.4 Å². The Morgan fingerprint density at radius 1 is 1.15 bits per heavy atom. The summed E-state index contributed by atoms with van der Waals surface area (Å²) in [5.41, 5.74) is -1.10. The van der Waals surface area contributed by atoms with Crippen molar-refractivity contribution in [3.63, 3.8) is 0 Å². The third-order valence-corrected chi connectivity index (χ3v) is 6.45. The molecule has 33 heavy (non-hydrogen) atoms. The second-order valence-electron chi connectivity index (χ2n) is 9.11. The molecule has 2 N–H and O–H groups in total. The number of benzene rings is 1. The van der Waals surface area contributed by atoms with E-state index in [4.69, 9.17) is 9.15 Å². The molecule has 1 amide bonds. The fourth-order valence-corrected chi connectivity index (χ4v) is 4.45. The first-order chi connectivity index (χ1) is 15.6. The van der Waals surface area contributed by atoms with Gasteiger partial charge in [0.05, 0.1) is 22.5 Å². The maximum Gasteiger partial charge on any atom is 0.416 e. The molecule has 0 unspecified atom stereocenters. The molecule has 0 saturated carbocycles. The lowest BCUT2D eigenvalue weighted by Crippen LogP contribution is -2.29. The lowest BCUT2D eigenvalue weighted by atomic mass is 9.98. The average molecular weight is 467 g/mol. The first-order valence-electron chi connectivity index (χ1n) is 11.3. The summed E-state index contributed by atoms with van der Waals surface area (Å²) in [6.07, 6.45) is -1.17. The van der Waals surface area contributed by atoms with Gasteiger partial charge in [0.15, 0.2) is 5.76 Å². The molecule has 180 valence electrons. The van der Waals surface area contributed by atoms with Crippen LogP contribution in [0.3, 0.4) is 0 Å². The monoisotopic (exact) mass is 466 g/mol. The number of hydrogen-bond donors (Lipinski definition) is 2. The zero-order valence-electron chi connectivity index (χ0n) is 18.6. The maximum atomic E-state index is 13.4. The van der Waals surface area contributed by atoms with Gasteiger partial charge in [0.25, 0.3) is 5.91 Å². The highest BCUT2D eigenvalue weighted by Gasteiger charge is 2.33. The number of rotatable bonds is 4. The Hall–Kier alpha value is -2.52. The molecule has 6 nitrogen and oxygen atoms in total. The molecule has 0 spiro atoms. The largest absolute Gasteiger partial charge is 0.456 e. The lowest BCUT2D eigenvalue weighted by Gasteiger charge is -2.27. The number of alkyl halides is 3. The van der Waals surface area contributed by atoms with Crippen molar-refractivity contribution in [3.05, 3.63) is 47.4 Å². The minimum atomic E-state index is -4.54. The van der Waals surface area contributed by atoms with Crippen LogP contribution in [-0.4, -0.2) is 42.9 Å². The third kappa shape index (κ3) is 5.70. The van der Waals surface area contributed by atoms with E-state index in [-0.39, 0.29) is 17.4 Å². The van der Waals surface area contributed by atoms with Gasteiger partial charge >= 0.3 is 6.18 Å². The van der Waals surface area contributed by atoms with Crippen LogP contribution in [-0.2, 0) is 10.9 Å². The summed E-state index contributed by atoms with van der Waals surface area (Å²) in [7, 11) is 0. The van der Waals surface area contributed by atoms with Crippen LogP contribution in [0.15, 0.2) is 34.7 Å². The van der Waals surface area contributed by atoms with Crippen molar-refractivity contribution in [1.29, 1.82) is 0 Å². The van der Waals surface area contributed by atoms with Gasteiger partial charge in [-0.3, -0.25) is 4.79 Å². The summed E-state index contributed by atoms with van der Waals surface area (Å²) in [6, 6.07) is 6.65. The van der Waals surface area contributed by atoms with Crippen molar-refractivity contribution in [2.75, 3.05) is 36.5 Å². The number of carbonyl (C=O) groups excluding carboxylic acids is 1. The highest BCUT2D eigenvalue weighted by molar-refractivity contribution is 6.04. The number of furan rings is 1. The molecule has 3 heterocycles. The molecule has 2 aliphatic heterocycles. The van der Waals surface area contributed by atoms with Gasteiger partial charge in [0, 0.05) is 32.2 Å². The van der Waals surface area contributed by atoms with Gasteiger partial charge in [-0.25, -0.2) is 0 Å². The van der Waals surface area contributed by atoms with Crippen LogP contribution >= 0.6 is 0 Å². The summed E-state index contributed by atoms with van der Waals surface area (Å²) >= 11 is 0. The van der Waals surface area contributed by atoms with Crippen LogP contribution in [0.25, 0.3) is 0 Å². The van der Waals surface area contributed by atoms with Crippen LogP contribution in [0.2, 0.25) is 0 Å². The van der Waals surface area contributed by atoms with Crippen molar-refractivity contribution in [1.82, 2.24) is 0 Å². The van der Waals surface area contributed by atoms with E-state index < -0.39 is 23.2 Å². The van der Waals surface area contributed by atoms with Crippen molar-refractivity contribution in [2.45, 2.75) is 56.7 Å². The molecule has 2 aliphatic rings. The number of amides is 1. The topological polar surface area (TPSA) is 74.9 Å². The molecule has 2 saturated heterocycles. The fraction of sp³-hybridized carbons (Fsp3) is 0.542. The smallest absolute Gasteiger partial charge is 0.416 e. The molecule has 4 rings (SSSR count). The minimum Gasteiger partial charge on any atom is -0.456 e. The first-order valence-corrected chi connectivity index (χ1v) is 11.3. The number of aliphatic hydroxyl groups is 1. The van der Waals surface area contributed by atoms with Gasteiger partial charge in [-0.2, -0.15) is 13.2 Å². The number of halogens is 3. The number of nitrogens with zero attached hydrogens (tertiary/aromatic N) is 1. The number of ether oxygens (including phenoxy) is 1. The highest BCUT2D eigenvalue weighted by Crippen LogP contribution is 2.37. The molecule has 1 aromatic carbocycles. The van der Waals surface area contributed by atoms with Crippen LogP contribution in [0.5, 0.6) is 0 Å². The molecule has 0 bridgehead atoms. The second-order valence-corrected chi connectivity index (χ2v) is 9.11. The molecule has 9 heteroatoms. The third-order valence-electron chi connectivity index (χ3n) is 6.45. The SMILES string of the molecule is C[C@]1(O)CCCN(c2ccc(C(F)(F)F)cc2NC(=O)c2ccc(C3CCOCC3)o2)CC1. The van der Waals surface area contributed by atoms with E-state index in [1.54, 1.807) is 19.1 Å². The Kier molecular flexibility index (Phi) is 6.72. The van der Waals surface area contributed by atoms with Gasteiger partial charge in [0.2, 0.25) is 0 Å². The predicted octanol–water partition coefficient (Wildman–Crippen LogP) is 5.19. The summed E-state index contributed by atoms with van der Waals surface area (Å²) in [4.78, 5) is 14.8. The van der Waals surface area contributed by atoms with E-state index in [2.05, 4.69) is 5.32 Å². The van der Waals surface area contributed by atoms with E-state index in [1.165, 1.54) is 6.07 Å². The number of carbonyl (C=O) groups is 1. The predicted molar refractivity (Wildman–Crippen MR) is 118 cm³/mol. The quantitative estimate of drug-likeness (QED) is 0.649. The first kappa shape index (κ1) is 23.6. The van der Waals surface area contributed by atoms with Crippen LogP contribution in [0, 0.1) is 0 Å². The van der Waals surface area contributed by atoms with E-state index in [0.29, 0.717) is 57.0 Å². The summed E-state index contributed by atoms with van der Waals surface area (Å²) in [5.74, 6) is 0.297. The van der Waals surface area contributed by atoms with Gasteiger partial charge in [-0.1, -0.05) is 0 Å². The lowest BCUT2D eigenvalue weighted by molar-refractivity contribution is -0.137. The maximum absolute atomic E-state index is 13.4. The molecular weight excluding hydrogens is 437 g/mol. The molecular formula is C24H29F3N2O4. The molecule has 1 aromatic heterocycles. The Morgan fingerprint density at radius 3 is 2.64 bits per heavy atom. The fourth-order valence-electron chi connectivity index (χ4n) is 4.45. The number of nitrogens with one attached hydrogen (secondary N) is 1. The highest BCUT2D eigenvalue weighted by atomic mass is 19.4. The van der Waals surface area contributed by atoms with E-state index in [9.17, 15) is 23.1 Å². The minimum absolute atomic E-state index is 0.0543. The summed E-state index contributed by atoms with van der Waals surface area (Å²) in [6.45, 7) is 4.06. The van der Waals surface area contributed by atoms with Crippen molar-refractivity contribution in [2.24, 2.45) is 0 Å². The van der Waals surface area contributed by atoms with Gasteiger partial charge in [0.1, 0.15) is 5.76 Å². The standard InChI is InChI=1S/C24H29F3N2O4/c1-23(31)9-2-11-29(12-10-23)19-4-3-17(24(25,26)27)15-18(19)28-22(30)21-6-5-20(33-21)16-7-13-32-14-8-16/h3-6,15-16,31H,2,7-14H2,1H3,(H,28,30)/t23-/m0/s1. The number of hydrogen-bond acceptors (Lipinski definition) is 5. The second kappa shape index (κ2) is 9.38. The van der Waals surface area contributed by atoms with E-state index >= 15 is 0 Å². The van der Waals surface area contributed by atoms with Gasteiger partial charge < -0.3 is 24.5 Å². The van der Waals surface area contributed by atoms with Crippen molar-refractivity contribution >= 4 is 17.3 Å². The van der Waals surface area contributed by atoms with Gasteiger partial charge in [-0.15, -0.1) is 0 Å². The Balaban J connectivity index is 1.58. The van der Waals surface area contributed by atoms with Crippen LogP contribution < -0.4 is 10.2 Å². The molecule has 0 aliphatic carbocycles. The zero-order valence-corrected chi connectivity index (χ0v) is 18.6.